The lowest BCUT2D eigenvalue weighted by Gasteiger charge is -2.27. The molecule has 2 fully saturated rings. The molecule has 4 rings (SSSR count). The Morgan fingerprint density at radius 2 is 1.84 bits per heavy atom. The molecule has 7 heteroatoms. The molecule has 1 atom stereocenters. The Morgan fingerprint density at radius 3 is 2.45 bits per heavy atom. The number of benzene rings is 1. The van der Waals surface area contributed by atoms with Crippen molar-refractivity contribution in [3.05, 3.63) is 47.7 Å². The number of hydrogen-bond donors (Lipinski definition) is 2. The number of carbonyl (C=O) groups excluding carboxylic acids is 1. The Hall–Kier alpha value is -2.54. The number of halogens is 2. The first kappa shape index (κ1) is 21.7. The Morgan fingerprint density at radius 1 is 1.16 bits per heavy atom. The van der Waals surface area contributed by atoms with Crippen LogP contribution >= 0.6 is 0 Å². The van der Waals surface area contributed by atoms with E-state index in [0.717, 1.165) is 38.2 Å². The predicted molar refractivity (Wildman–Crippen MR) is 118 cm³/mol. The van der Waals surface area contributed by atoms with Crippen LogP contribution in [-0.2, 0) is 0 Å². The van der Waals surface area contributed by atoms with E-state index in [-0.39, 0.29) is 11.9 Å². The number of nitrogens with zero attached hydrogens (tertiary/aromatic N) is 2. The number of aromatic nitrogens is 1. The van der Waals surface area contributed by atoms with Gasteiger partial charge in [0.25, 0.3) is 5.91 Å². The van der Waals surface area contributed by atoms with Crippen LogP contribution in [0.15, 0.2) is 30.5 Å². The monoisotopic (exact) mass is 428 g/mol. The van der Waals surface area contributed by atoms with E-state index < -0.39 is 17.2 Å². The summed E-state index contributed by atoms with van der Waals surface area (Å²) >= 11 is 0. The molecule has 3 N–H and O–H groups in total. The van der Waals surface area contributed by atoms with Crippen LogP contribution < -0.4 is 16.0 Å². The third-order valence-corrected chi connectivity index (χ3v) is 6.32. The van der Waals surface area contributed by atoms with Gasteiger partial charge in [-0.3, -0.25) is 9.78 Å². The minimum Gasteiger partial charge on any atom is -0.367 e. The number of anilines is 1. The molecule has 1 aliphatic heterocycles. The highest BCUT2D eigenvalue weighted by Gasteiger charge is 2.34. The quantitative estimate of drug-likeness (QED) is 0.708. The van der Waals surface area contributed by atoms with Gasteiger partial charge in [0.15, 0.2) is 0 Å². The van der Waals surface area contributed by atoms with Gasteiger partial charge in [0.2, 0.25) is 0 Å². The van der Waals surface area contributed by atoms with Crippen molar-refractivity contribution >= 4 is 11.6 Å². The molecule has 166 valence electrons. The molecule has 1 amide bonds. The van der Waals surface area contributed by atoms with Gasteiger partial charge >= 0.3 is 0 Å². The number of pyridine rings is 1. The molecule has 0 unspecified atom stereocenters. The highest BCUT2D eigenvalue weighted by Crippen LogP contribution is 2.36. The summed E-state index contributed by atoms with van der Waals surface area (Å²) in [5.74, 6) is -1.53. The summed E-state index contributed by atoms with van der Waals surface area (Å²) in [5, 5.41) is 3.19. The van der Waals surface area contributed by atoms with Crippen LogP contribution in [0.3, 0.4) is 0 Å². The van der Waals surface area contributed by atoms with E-state index in [1.54, 1.807) is 6.07 Å². The lowest BCUT2D eigenvalue weighted by Crippen LogP contribution is -2.40. The van der Waals surface area contributed by atoms with Crippen LogP contribution in [0.2, 0.25) is 0 Å². The maximum absolute atomic E-state index is 14.0. The van der Waals surface area contributed by atoms with Crippen molar-refractivity contribution in [3.8, 4) is 11.3 Å². The van der Waals surface area contributed by atoms with Gasteiger partial charge in [0, 0.05) is 42.5 Å². The number of carbonyl (C=O) groups is 1. The van der Waals surface area contributed by atoms with E-state index in [9.17, 15) is 13.6 Å². The van der Waals surface area contributed by atoms with Crippen molar-refractivity contribution in [2.24, 2.45) is 5.73 Å². The van der Waals surface area contributed by atoms with Crippen LogP contribution in [0.5, 0.6) is 0 Å². The molecule has 0 spiro atoms. The summed E-state index contributed by atoms with van der Waals surface area (Å²) in [6.45, 7) is 3.15. The Bertz CT molecular complexity index is 934. The van der Waals surface area contributed by atoms with Gasteiger partial charge in [-0.15, -0.1) is 0 Å². The molecule has 1 aliphatic carbocycles. The summed E-state index contributed by atoms with van der Waals surface area (Å²) < 4.78 is 27.9. The van der Waals surface area contributed by atoms with Crippen molar-refractivity contribution in [3.63, 3.8) is 0 Å². The molecular formula is C24H30F2N4O. The second-order valence-corrected chi connectivity index (χ2v) is 9.20. The number of hydrogen-bond acceptors (Lipinski definition) is 4. The SMILES string of the molecule is C[C@]1(N)CCN(c2c(C(=O)NC3CCCCCC3)ccnc2-c2cc(F)cc(F)c2)C1. The van der Waals surface area contributed by atoms with Crippen LogP contribution in [0.4, 0.5) is 14.5 Å². The topological polar surface area (TPSA) is 71.2 Å². The van der Waals surface area contributed by atoms with Crippen molar-refractivity contribution in [1.29, 1.82) is 0 Å². The normalized spacial score (nSPS) is 22.4. The number of nitrogens with two attached hydrogens (primary N) is 1. The largest absolute Gasteiger partial charge is 0.367 e. The van der Waals surface area contributed by atoms with Crippen molar-refractivity contribution < 1.29 is 13.6 Å². The first-order valence-electron chi connectivity index (χ1n) is 11.1. The minimum atomic E-state index is -0.679. The first-order valence-corrected chi connectivity index (χ1v) is 11.1. The van der Waals surface area contributed by atoms with Gasteiger partial charge in [-0.05, 0) is 44.4 Å². The first-order chi connectivity index (χ1) is 14.8. The Labute approximate surface area is 182 Å². The zero-order valence-corrected chi connectivity index (χ0v) is 18.0. The minimum absolute atomic E-state index is 0.143. The fraction of sp³-hybridized carbons (Fsp3) is 0.500. The molecule has 0 radical (unpaired) electrons. The third kappa shape index (κ3) is 5.03. The summed E-state index contributed by atoms with van der Waals surface area (Å²) in [6.07, 6.45) is 8.84. The smallest absolute Gasteiger partial charge is 0.253 e. The fourth-order valence-electron chi connectivity index (χ4n) is 4.72. The Balaban J connectivity index is 1.74. The molecule has 0 bridgehead atoms. The average Bonchev–Trinajstić information content (AvgIpc) is 2.90. The van der Waals surface area contributed by atoms with E-state index in [1.807, 2.05) is 11.8 Å². The number of rotatable bonds is 4. The van der Waals surface area contributed by atoms with Gasteiger partial charge < -0.3 is 16.0 Å². The molecule has 2 aromatic rings. The fourth-order valence-corrected chi connectivity index (χ4v) is 4.72. The molecular weight excluding hydrogens is 398 g/mol. The highest BCUT2D eigenvalue weighted by molar-refractivity contribution is 6.03. The van der Waals surface area contributed by atoms with E-state index >= 15 is 0 Å². The second-order valence-electron chi connectivity index (χ2n) is 9.20. The standard InChI is InChI=1S/C24H30F2N4O/c1-24(27)9-11-30(15-24)22-20(23(31)29-19-6-4-2-3-5-7-19)8-10-28-21(22)16-12-17(25)14-18(26)13-16/h8,10,12-14,19H,2-7,9,11,15,27H2,1H3,(H,29,31)/t24-/m0/s1. The molecule has 1 aromatic heterocycles. The van der Waals surface area contributed by atoms with Crippen LogP contribution in [0.25, 0.3) is 11.3 Å². The summed E-state index contributed by atoms with van der Waals surface area (Å²) in [6, 6.07) is 5.16. The van der Waals surface area contributed by atoms with Gasteiger partial charge in [-0.25, -0.2) is 8.78 Å². The van der Waals surface area contributed by atoms with Gasteiger partial charge in [-0.1, -0.05) is 25.7 Å². The molecule has 31 heavy (non-hydrogen) atoms. The van der Waals surface area contributed by atoms with E-state index in [1.165, 1.54) is 31.2 Å². The molecule has 5 nitrogen and oxygen atoms in total. The van der Waals surface area contributed by atoms with Gasteiger partial charge in [0.05, 0.1) is 16.9 Å². The van der Waals surface area contributed by atoms with E-state index in [4.69, 9.17) is 5.73 Å². The van der Waals surface area contributed by atoms with E-state index in [2.05, 4.69) is 10.3 Å². The van der Waals surface area contributed by atoms with Gasteiger partial charge in [-0.2, -0.15) is 0 Å². The molecule has 1 aromatic carbocycles. The molecule has 1 saturated carbocycles. The second kappa shape index (κ2) is 8.91. The lowest BCUT2D eigenvalue weighted by atomic mass is 10.0. The zero-order valence-electron chi connectivity index (χ0n) is 18.0. The number of amides is 1. The lowest BCUT2D eigenvalue weighted by molar-refractivity contribution is 0.0933. The maximum Gasteiger partial charge on any atom is 0.253 e. The number of nitrogens with one attached hydrogen (secondary N) is 1. The summed E-state index contributed by atoms with van der Waals surface area (Å²) in [5.41, 5.74) is 7.71. The molecule has 2 heterocycles. The van der Waals surface area contributed by atoms with Crippen molar-refractivity contribution in [1.82, 2.24) is 10.3 Å². The Kier molecular flexibility index (Phi) is 6.23. The molecule has 2 aliphatic rings. The van der Waals surface area contributed by atoms with Gasteiger partial charge in [0.1, 0.15) is 11.6 Å². The zero-order chi connectivity index (χ0) is 22.0. The van der Waals surface area contributed by atoms with Crippen molar-refractivity contribution in [2.45, 2.75) is 63.5 Å². The third-order valence-electron chi connectivity index (χ3n) is 6.32. The maximum atomic E-state index is 14.0. The van der Waals surface area contributed by atoms with Crippen LogP contribution in [-0.4, -0.2) is 35.6 Å². The molecule has 1 saturated heterocycles. The summed E-state index contributed by atoms with van der Waals surface area (Å²) in [7, 11) is 0. The van der Waals surface area contributed by atoms with Crippen molar-refractivity contribution in [2.75, 3.05) is 18.0 Å². The highest BCUT2D eigenvalue weighted by atomic mass is 19.1. The van der Waals surface area contributed by atoms with Crippen LogP contribution in [0.1, 0.15) is 62.2 Å². The average molecular weight is 429 g/mol. The van der Waals surface area contributed by atoms with E-state index in [0.29, 0.717) is 35.6 Å². The predicted octanol–water partition coefficient (Wildman–Crippen LogP) is 4.41. The summed E-state index contributed by atoms with van der Waals surface area (Å²) in [4.78, 5) is 19.8. The van der Waals surface area contributed by atoms with Crippen LogP contribution in [0, 0.1) is 11.6 Å².